The van der Waals surface area contributed by atoms with Gasteiger partial charge >= 0.3 is 0 Å². The van der Waals surface area contributed by atoms with Gasteiger partial charge in [0.25, 0.3) is 0 Å². The molecule has 0 saturated heterocycles. The lowest BCUT2D eigenvalue weighted by atomic mass is 10.1. The van der Waals surface area contributed by atoms with Crippen LogP contribution in [0.4, 0.5) is 0 Å². The monoisotopic (exact) mass is 213 g/mol. The Labute approximate surface area is 95.1 Å². The van der Waals surface area contributed by atoms with Crippen LogP contribution in [0.1, 0.15) is 41.0 Å². The van der Waals surface area contributed by atoms with Crippen LogP contribution in [0.15, 0.2) is 12.2 Å². The van der Waals surface area contributed by atoms with Gasteiger partial charge in [0.05, 0.1) is 13.2 Å². The molecule has 1 atom stereocenters. The highest BCUT2D eigenvalue weighted by molar-refractivity contribution is 4.87. The van der Waals surface area contributed by atoms with E-state index in [2.05, 4.69) is 39.6 Å². The maximum atomic E-state index is 5.57. The molecule has 0 bridgehead atoms. The average molecular weight is 213 g/mol. The highest BCUT2D eigenvalue weighted by Gasteiger charge is 2.10. The molecular weight excluding hydrogens is 186 g/mol. The van der Waals surface area contributed by atoms with E-state index in [1.807, 2.05) is 6.92 Å². The number of nitrogens with one attached hydrogen (secondary N) is 1. The SMILES string of the molecule is C=C(C)CCOCC(C)CNC(C)(C)C. The van der Waals surface area contributed by atoms with Gasteiger partial charge in [-0.3, -0.25) is 0 Å². The molecule has 90 valence electrons. The second-order valence-electron chi connectivity index (χ2n) is 5.52. The van der Waals surface area contributed by atoms with Crippen molar-refractivity contribution in [3.63, 3.8) is 0 Å². The van der Waals surface area contributed by atoms with Gasteiger partial charge in [0, 0.05) is 12.1 Å². The molecule has 0 aliphatic heterocycles. The molecule has 0 rings (SSSR count). The zero-order valence-corrected chi connectivity index (χ0v) is 11.0. The summed E-state index contributed by atoms with van der Waals surface area (Å²) in [5.74, 6) is 0.564. The lowest BCUT2D eigenvalue weighted by molar-refractivity contribution is 0.104. The summed E-state index contributed by atoms with van der Waals surface area (Å²) in [5, 5.41) is 3.47. The van der Waals surface area contributed by atoms with Gasteiger partial charge in [-0.05, 0) is 40.0 Å². The van der Waals surface area contributed by atoms with E-state index in [9.17, 15) is 0 Å². The van der Waals surface area contributed by atoms with Crippen LogP contribution in [0, 0.1) is 5.92 Å². The van der Waals surface area contributed by atoms with Gasteiger partial charge in [-0.15, -0.1) is 6.58 Å². The molecule has 0 saturated carbocycles. The molecule has 0 aliphatic rings. The molecule has 0 aliphatic carbocycles. The molecule has 15 heavy (non-hydrogen) atoms. The summed E-state index contributed by atoms with van der Waals surface area (Å²) in [6.45, 7) is 17.3. The van der Waals surface area contributed by atoms with Gasteiger partial charge < -0.3 is 10.1 Å². The predicted octanol–water partition coefficient (Wildman–Crippen LogP) is 2.99. The van der Waals surface area contributed by atoms with Crippen LogP contribution >= 0.6 is 0 Å². The minimum absolute atomic E-state index is 0.200. The molecule has 0 spiro atoms. The maximum Gasteiger partial charge on any atom is 0.0503 e. The molecule has 0 aromatic heterocycles. The van der Waals surface area contributed by atoms with Crippen molar-refractivity contribution in [1.82, 2.24) is 5.32 Å². The van der Waals surface area contributed by atoms with E-state index in [-0.39, 0.29) is 5.54 Å². The minimum Gasteiger partial charge on any atom is -0.381 e. The largest absolute Gasteiger partial charge is 0.381 e. The average Bonchev–Trinajstić information content (AvgIpc) is 2.07. The Balaban J connectivity index is 3.41. The molecule has 0 aromatic rings. The Hall–Kier alpha value is -0.340. The zero-order valence-electron chi connectivity index (χ0n) is 11.0. The van der Waals surface area contributed by atoms with E-state index in [0.29, 0.717) is 5.92 Å². The molecule has 2 heteroatoms. The van der Waals surface area contributed by atoms with Crippen LogP contribution in [0.2, 0.25) is 0 Å². The van der Waals surface area contributed by atoms with Crippen molar-refractivity contribution in [3.8, 4) is 0 Å². The number of hydrogen-bond donors (Lipinski definition) is 1. The highest BCUT2D eigenvalue weighted by Crippen LogP contribution is 2.03. The van der Waals surface area contributed by atoms with Crippen LogP contribution < -0.4 is 5.32 Å². The fourth-order valence-electron chi connectivity index (χ4n) is 1.07. The molecule has 0 radical (unpaired) electrons. The van der Waals surface area contributed by atoms with E-state index < -0.39 is 0 Å². The molecule has 0 heterocycles. The molecule has 0 fully saturated rings. The van der Waals surface area contributed by atoms with Gasteiger partial charge in [0.1, 0.15) is 0 Å². The molecule has 1 N–H and O–H groups in total. The summed E-state index contributed by atoms with van der Waals surface area (Å²) >= 11 is 0. The lowest BCUT2D eigenvalue weighted by Gasteiger charge is -2.23. The summed E-state index contributed by atoms with van der Waals surface area (Å²) in [6, 6.07) is 0. The van der Waals surface area contributed by atoms with E-state index >= 15 is 0 Å². The first-order chi connectivity index (χ1) is 6.81. The third kappa shape index (κ3) is 11.6. The van der Waals surface area contributed by atoms with Gasteiger partial charge in [0.2, 0.25) is 0 Å². The summed E-state index contributed by atoms with van der Waals surface area (Å²) in [5.41, 5.74) is 1.39. The first-order valence-corrected chi connectivity index (χ1v) is 5.78. The molecule has 0 aromatic carbocycles. The first-order valence-electron chi connectivity index (χ1n) is 5.78. The molecule has 0 amide bonds. The minimum atomic E-state index is 0.200. The molecule has 1 unspecified atom stereocenters. The van der Waals surface area contributed by atoms with Crippen molar-refractivity contribution < 1.29 is 4.74 Å². The first kappa shape index (κ1) is 14.7. The highest BCUT2D eigenvalue weighted by atomic mass is 16.5. The Morgan fingerprint density at radius 1 is 1.40 bits per heavy atom. The third-order valence-electron chi connectivity index (χ3n) is 2.06. The maximum absolute atomic E-state index is 5.57. The van der Waals surface area contributed by atoms with Crippen molar-refractivity contribution >= 4 is 0 Å². The number of rotatable bonds is 7. The Bertz CT molecular complexity index is 181. The normalized spacial score (nSPS) is 13.9. The van der Waals surface area contributed by atoms with Crippen molar-refractivity contribution in [3.05, 3.63) is 12.2 Å². The second-order valence-corrected chi connectivity index (χ2v) is 5.52. The van der Waals surface area contributed by atoms with Gasteiger partial charge in [0.15, 0.2) is 0 Å². The van der Waals surface area contributed by atoms with Crippen molar-refractivity contribution in [2.24, 2.45) is 5.92 Å². The zero-order chi connectivity index (χ0) is 11.9. The summed E-state index contributed by atoms with van der Waals surface area (Å²) in [4.78, 5) is 0. The Kier molecular flexibility index (Phi) is 6.86. The van der Waals surface area contributed by atoms with E-state index in [1.54, 1.807) is 0 Å². The van der Waals surface area contributed by atoms with Crippen molar-refractivity contribution in [2.45, 2.75) is 46.6 Å². The van der Waals surface area contributed by atoms with Gasteiger partial charge in [-0.25, -0.2) is 0 Å². The number of hydrogen-bond acceptors (Lipinski definition) is 2. The fourth-order valence-corrected chi connectivity index (χ4v) is 1.07. The number of ether oxygens (including phenoxy) is 1. The van der Waals surface area contributed by atoms with Crippen molar-refractivity contribution in [2.75, 3.05) is 19.8 Å². The lowest BCUT2D eigenvalue weighted by Crippen LogP contribution is -2.39. The summed E-state index contributed by atoms with van der Waals surface area (Å²) < 4.78 is 5.57. The summed E-state index contributed by atoms with van der Waals surface area (Å²) in [7, 11) is 0. The molecular formula is C13H27NO. The van der Waals surface area contributed by atoms with Crippen LogP contribution in [-0.4, -0.2) is 25.3 Å². The van der Waals surface area contributed by atoms with Crippen LogP contribution in [0.25, 0.3) is 0 Å². The van der Waals surface area contributed by atoms with E-state index in [1.165, 1.54) is 5.57 Å². The Morgan fingerprint density at radius 2 is 2.00 bits per heavy atom. The third-order valence-corrected chi connectivity index (χ3v) is 2.06. The topological polar surface area (TPSA) is 21.3 Å². The quantitative estimate of drug-likeness (QED) is 0.518. The van der Waals surface area contributed by atoms with Crippen LogP contribution in [0.5, 0.6) is 0 Å². The van der Waals surface area contributed by atoms with Gasteiger partial charge in [-0.1, -0.05) is 12.5 Å². The van der Waals surface area contributed by atoms with Crippen LogP contribution in [-0.2, 0) is 4.74 Å². The summed E-state index contributed by atoms with van der Waals surface area (Å²) in [6.07, 6.45) is 0.972. The van der Waals surface area contributed by atoms with Crippen LogP contribution in [0.3, 0.4) is 0 Å². The molecule has 2 nitrogen and oxygen atoms in total. The smallest absolute Gasteiger partial charge is 0.0503 e. The van der Waals surface area contributed by atoms with Crippen molar-refractivity contribution in [1.29, 1.82) is 0 Å². The Morgan fingerprint density at radius 3 is 2.47 bits per heavy atom. The van der Waals surface area contributed by atoms with Gasteiger partial charge in [-0.2, -0.15) is 0 Å². The van der Waals surface area contributed by atoms with E-state index in [4.69, 9.17) is 4.74 Å². The predicted molar refractivity (Wildman–Crippen MR) is 67.2 cm³/mol. The van der Waals surface area contributed by atoms with E-state index in [0.717, 1.165) is 26.2 Å². The standard InChI is InChI=1S/C13H27NO/c1-11(2)7-8-15-10-12(3)9-14-13(4,5)6/h12,14H,1,7-10H2,2-6H3. The fraction of sp³-hybridized carbons (Fsp3) is 0.846. The second kappa shape index (κ2) is 7.02.